The number of ether oxygens (including phenoxy) is 1. The highest BCUT2D eigenvalue weighted by atomic mass is 79.9. The molecule has 0 atom stereocenters. The van der Waals surface area contributed by atoms with E-state index in [4.69, 9.17) is 10.5 Å². The van der Waals surface area contributed by atoms with E-state index in [0.29, 0.717) is 11.4 Å². The lowest BCUT2D eigenvalue weighted by Crippen LogP contribution is -2.19. The fourth-order valence-electron chi connectivity index (χ4n) is 0.886. The first kappa shape index (κ1) is 9.85. The number of anilines is 1. The monoisotopic (exact) mass is 244 g/mol. The number of hydrogen-bond acceptors (Lipinski definition) is 2. The average molecular weight is 245 g/mol. The molecule has 0 radical (unpaired) electrons. The van der Waals surface area contributed by atoms with Crippen LogP contribution < -0.4 is 15.8 Å². The molecule has 0 spiro atoms. The summed E-state index contributed by atoms with van der Waals surface area (Å²) in [5.74, 6) is 0.704. The van der Waals surface area contributed by atoms with Gasteiger partial charge in [0.15, 0.2) is 0 Å². The molecule has 0 aromatic heterocycles. The normalized spacial score (nSPS) is 9.38. The molecule has 1 aromatic carbocycles. The van der Waals surface area contributed by atoms with E-state index in [1.807, 2.05) is 0 Å². The molecule has 13 heavy (non-hydrogen) atoms. The lowest BCUT2D eigenvalue weighted by atomic mass is 10.3. The first-order valence-electron chi connectivity index (χ1n) is 3.53. The molecular formula is C8H9BrN2O2. The van der Waals surface area contributed by atoms with E-state index in [0.717, 1.165) is 4.47 Å². The Hall–Kier alpha value is -1.23. The number of benzene rings is 1. The number of nitrogens with two attached hydrogens (primary N) is 1. The van der Waals surface area contributed by atoms with Gasteiger partial charge in [-0.3, -0.25) is 0 Å². The summed E-state index contributed by atoms with van der Waals surface area (Å²) in [6.45, 7) is 0. The summed E-state index contributed by atoms with van der Waals surface area (Å²) in [5.41, 5.74) is 5.57. The van der Waals surface area contributed by atoms with Gasteiger partial charge < -0.3 is 15.8 Å². The Balaban J connectivity index is 2.89. The van der Waals surface area contributed by atoms with Crippen LogP contribution in [0.2, 0.25) is 0 Å². The van der Waals surface area contributed by atoms with E-state index in [2.05, 4.69) is 21.2 Å². The van der Waals surface area contributed by atoms with E-state index in [9.17, 15) is 4.79 Å². The van der Waals surface area contributed by atoms with E-state index in [1.54, 1.807) is 25.3 Å². The van der Waals surface area contributed by atoms with Gasteiger partial charge in [0.1, 0.15) is 5.75 Å². The standard InChI is InChI=1S/C8H9BrN2O2/c1-13-7-3-2-5(4-6(7)9)11-8(10)12/h2-4H,1H3,(H3,10,11,12). The van der Waals surface area contributed by atoms with Crippen molar-refractivity contribution < 1.29 is 9.53 Å². The summed E-state index contributed by atoms with van der Waals surface area (Å²) in [4.78, 5) is 10.5. The molecule has 0 aliphatic carbocycles. The first-order valence-corrected chi connectivity index (χ1v) is 4.33. The molecular weight excluding hydrogens is 236 g/mol. The zero-order valence-corrected chi connectivity index (χ0v) is 8.59. The summed E-state index contributed by atoms with van der Waals surface area (Å²) in [5, 5.41) is 2.45. The van der Waals surface area contributed by atoms with Crippen LogP contribution in [-0.4, -0.2) is 13.1 Å². The van der Waals surface area contributed by atoms with Gasteiger partial charge in [0.2, 0.25) is 0 Å². The van der Waals surface area contributed by atoms with Crippen molar-refractivity contribution in [1.82, 2.24) is 0 Å². The minimum Gasteiger partial charge on any atom is -0.496 e. The van der Waals surface area contributed by atoms with Crippen LogP contribution in [0.3, 0.4) is 0 Å². The van der Waals surface area contributed by atoms with Crippen molar-refractivity contribution in [2.45, 2.75) is 0 Å². The smallest absolute Gasteiger partial charge is 0.316 e. The zero-order chi connectivity index (χ0) is 9.84. The zero-order valence-electron chi connectivity index (χ0n) is 7.00. The first-order chi connectivity index (χ1) is 6.13. The number of carbonyl (C=O) groups excluding carboxylic acids is 1. The van der Waals surface area contributed by atoms with Crippen molar-refractivity contribution in [2.75, 3.05) is 12.4 Å². The number of halogens is 1. The Bertz CT molecular complexity index is 328. The van der Waals surface area contributed by atoms with E-state index in [-0.39, 0.29) is 0 Å². The van der Waals surface area contributed by atoms with Crippen LogP contribution in [-0.2, 0) is 0 Å². The van der Waals surface area contributed by atoms with Crippen LogP contribution >= 0.6 is 15.9 Å². The molecule has 0 saturated heterocycles. The van der Waals surface area contributed by atoms with Crippen molar-refractivity contribution >= 4 is 27.6 Å². The van der Waals surface area contributed by atoms with Crippen LogP contribution in [0.15, 0.2) is 22.7 Å². The third-order valence-electron chi connectivity index (χ3n) is 1.42. The molecule has 4 nitrogen and oxygen atoms in total. The molecule has 0 aliphatic heterocycles. The third-order valence-corrected chi connectivity index (χ3v) is 2.04. The lowest BCUT2D eigenvalue weighted by Gasteiger charge is -2.05. The molecule has 0 heterocycles. The van der Waals surface area contributed by atoms with Crippen molar-refractivity contribution in [2.24, 2.45) is 5.73 Å². The number of rotatable bonds is 2. The molecule has 70 valence electrons. The number of nitrogens with one attached hydrogen (secondary N) is 1. The number of hydrogen-bond donors (Lipinski definition) is 2. The maximum Gasteiger partial charge on any atom is 0.316 e. The van der Waals surface area contributed by atoms with Crippen LogP contribution in [0.4, 0.5) is 10.5 Å². The molecule has 1 aromatic rings. The second-order valence-corrected chi connectivity index (χ2v) is 3.19. The highest BCUT2D eigenvalue weighted by molar-refractivity contribution is 9.10. The van der Waals surface area contributed by atoms with E-state index in [1.165, 1.54) is 0 Å². The van der Waals surface area contributed by atoms with Gasteiger partial charge in [-0.1, -0.05) is 0 Å². The predicted molar refractivity (Wildman–Crippen MR) is 53.9 cm³/mol. The molecule has 2 amide bonds. The summed E-state index contributed by atoms with van der Waals surface area (Å²) < 4.78 is 5.78. The number of methoxy groups -OCH3 is 1. The van der Waals surface area contributed by atoms with Crippen molar-refractivity contribution in [3.05, 3.63) is 22.7 Å². The summed E-state index contributed by atoms with van der Waals surface area (Å²) >= 11 is 3.28. The minimum absolute atomic E-state index is 0.586. The Labute approximate surface area is 84.2 Å². The van der Waals surface area contributed by atoms with Crippen LogP contribution in [0.25, 0.3) is 0 Å². The molecule has 0 aliphatic rings. The highest BCUT2D eigenvalue weighted by Crippen LogP contribution is 2.27. The molecule has 0 fully saturated rings. The van der Waals surface area contributed by atoms with Gasteiger partial charge in [0, 0.05) is 5.69 Å². The average Bonchev–Trinajstić information content (AvgIpc) is 2.03. The topological polar surface area (TPSA) is 64.3 Å². The quantitative estimate of drug-likeness (QED) is 0.836. The Morgan fingerprint density at radius 3 is 2.77 bits per heavy atom. The summed E-state index contributed by atoms with van der Waals surface area (Å²) in [7, 11) is 1.57. The molecule has 1 rings (SSSR count). The molecule has 0 unspecified atom stereocenters. The van der Waals surface area contributed by atoms with Gasteiger partial charge in [0.05, 0.1) is 11.6 Å². The summed E-state index contributed by atoms with van der Waals surface area (Å²) in [6, 6.07) is 4.56. The van der Waals surface area contributed by atoms with Gasteiger partial charge in [-0.05, 0) is 34.1 Å². The second kappa shape index (κ2) is 4.13. The third kappa shape index (κ3) is 2.62. The van der Waals surface area contributed by atoms with E-state index >= 15 is 0 Å². The Kier molecular flexibility index (Phi) is 3.13. The van der Waals surface area contributed by atoms with Crippen molar-refractivity contribution in [1.29, 1.82) is 0 Å². The largest absolute Gasteiger partial charge is 0.496 e. The Morgan fingerprint density at radius 1 is 1.62 bits per heavy atom. The van der Waals surface area contributed by atoms with Crippen LogP contribution in [0.5, 0.6) is 5.75 Å². The number of primary amides is 1. The van der Waals surface area contributed by atoms with Crippen LogP contribution in [0, 0.1) is 0 Å². The van der Waals surface area contributed by atoms with Gasteiger partial charge in [-0.25, -0.2) is 4.79 Å². The second-order valence-electron chi connectivity index (χ2n) is 2.34. The Morgan fingerprint density at radius 2 is 2.31 bits per heavy atom. The minimum atomic E-state index is -0.586. The molecule has 0 saturated carbocycles. The SMILES string of the molecule is COc1ccc(NC(N)=O)cc1Br. The van der Waals surface area contributed by atoms with Gasteiger partial charge in [-0.15, -0.1) is 0 Å². The molecule has 0 bridgehead atoms. The maximum absolute atomic E-state index is 10.5. The fraction of sp³-hybridized carbons (Fsp3) is 0.125. The maximum atomic E-state index is 10.5. The lowest BCUT2D eigenvalue weighted by molar-refractivity contribution is 0.259. The van der Waals surface area contributed by atoms with Crippen molar-refractivity contribution in [3.8, 4) is 5.75 Å². The number of amides is 2. The van der Waals surface area contributed by atoms with Gasteiger partial charge >= 0.3 is 6.03 Å². The highest BCUT2D eigenvalue weighted by Gasteiger charge is 2.01. The van der Waals surface area contributed by atoms with E-state index < -0.39 is 6.03 Å². The molecule has 5 heteroatoms. The van der Waals surface area contributed by atoms with Crippen molar-refractivity contribution in [3.63, 3.8) is 0 Å². The fourth-order valence-corrected chi connectivity index (χ4v) is 1.43. The molecule has 3 N–H and O–H groups in total. The summed E-state index contributed by atoms with van der Waals surface area (Å²) in [6.07, 6.45) is 0. The predicted octanol–water partition coefficient (Wildman–Crippen LogP) is 1.95. The number of urea groups is 1. The van der Waals surface area contributed by atoms with Gasteiger partial charge in [-0.2, -0.15) is 0 Å². The number of carbonyl (C=O) groups is 1. The van der Waals surface area contributed by atoms with Gasteiger partial charge in [0.25, 0.3) is 0 Å². The van der Waals surface area contributed by atoms with Crippen LogP contribution in [0.1, 0.15) is 0 Å².